The Morgan fingerprint density at radius 1 is 1.47 bits per heavy atom. The van der Waals surface area contributed by atoms with Crippen LogP contribution >= 0.6 is 11.3 Å². The van der Waals surface area contributed by atoms with Gasteiger partial charge in [0.05, 0.1) is 6.42 Å². The maximum atomic E-state index is 12.1. The van der Waals surface area contributed by atoms with Gasteiger partial charge in [-0.2, -0.15) is 13.2 Å². The number of nitrogens with zero attached hydrogens (tertiary/aromatic N) is 2. The van der Waals surface area contributed by atoms with Gasteiger partial charge in [0.1, 0.15) is 4.83 Å². The van der Waals surface area contributed by atoms with Gasteiger partial charge >= 0.3 is 6.18 Å². The van der Waals surface area contributed by atoms with E-state index in [0.717, 1.165) is 10.2 Å². The van der Waals surface area contributed by atoms with Crippen molar-refractivity contribution in [3.05, 3.63) is 17.6 Å². The van der Waals surface area contributed by atoms with Gasteiger partial charge in [0.15, 0.2) is 0 Å². The van der Waals surface area contributed by atoms with E-state index >= 15 is 0 Å². The van der Waals surface area contributed by atoms with Gasteiger partial charge in [-0.05, 0) is 18.4 Å². The molecule has 0 bridgehead atoms. The van der Waals surface area contributed by atoms with Crippen LogP contribution in [0.15, 0.2) is 17.6 Å². The number of halogens is 3. The Morgan fingerprint density at radius 3 is 2.94 bits per heavy atom. The Hall–Kier alpha value is -1.37. The molecule has 0 aromatic carbocycles. The van der Waals surface area contributed by atoms with Crippen molar-refractivity contribution in [3.63, 3.8) is 0 Å². The SMILES string of the molecule is CC(CC(F)(F)F)Nc1ncc2ccsc2n1. The molecule has 7 heteroatoms. The molecule has 1 unspecified atom stereocenters. The average molecular weight is 261 g/mol. The molecule has 0 aliphatic rings. The van der Waals surface area contributed by atoms with Gasteiger partial charge in [0, 0.05) is 17.6 Å². The van der Waals surface area contributed by atoms with Gasteiger partial charge in [-0.1, -0.05) is 0 Å². The summed E-state index contributed by atoms with van der Waals surface area (Å²) < 4.78 is 36.4. The second-order valence-corrected chi connectivity index (χ2v) is 4.63. The predicted molar refractivity (Wildman–Crippen MR) is 61.2 cm³/mol. The quantitative estimate of drug-likeness (QED) is 0.919. The van der Waals surface area contributed by atoms with Crippen LogP contribution in [0.4, 0.5) is 19.1 Å². The van der Waals surface area contributed by atoms with Crippen LogP contribution in [-0.4, -0.2) is 22.2 Å². The number of hydrogen-bond acceptors (Lipinski definition) is 4. The summed E-state index contributed by atoms with van der Waals surface area (Å²) in [5, 5.41) is 5.40. The summed E-state index contributed by atoms with van der Waals surface area (Å²) in [6, 6.07) is 1.12. The van der Waals surface area contributed by atoms with Gasteiger partial charge < -0.3 is 5.32 Å². The smallest absolute Gasteiger partial charge is 0.351 e. The van der Waals surface area contributed by atoms with Crippen molar-refractivity contribution in [2.75, 3.05) is 5.32 Å². The number of nitrogens with one attached hydrogen (secondary N) is 1. The fraction of sp³-hybridized carbons (Fsp3) is 0.400. The molecule has 0 aliphatic carbocycles. The molecular weight excluding hydrogens is 251 g/mol. The fourth-order valence-corrected chi connectivity index (χ4v) is 2.18. The van der Waals surface area contributed by atoms with E-state index in [4.69, 9.17) is 0 Å². The molecular formula is C10H10F3N3S. The number of hydrogen-bond donors (Lipinski definition) is 1. The topological polar surface area (TPSA) is 37.8 Å². The van der Waals surface area contributed by atoms with Crippen LogP contribution in [0, 0.1) is 0 Å². The van der Waals surface area contributed by atoms with E-state index in [-0.39, 0.29) is 5.95 Å². The van der Waals surface area contributed by atoms with Crippen LogP contribution in [0.25, 0.3) is 10.2 Å². The van der Waals surface area contributed by atoms with Gasteiger partial charge in [0.25, 0.3) is 0 Å². The van der Waals surface area contributed by atoms with Crippen molar-refractivity contribution in [2.24, 2.45) is 0 Å². The van der Waals surface area contributed by atoms with E-state index in [2.05, 4.69) is 15.3 Å². The third kappa shape index (κ3) is 3.29. The first kappa shape index (κ1) is 12.1. The molecule has 0 amide bonds. The highest BCUT2D eigenvalue weighted by molar-refractivity contribution is 7.16. The molecule has 2 heterocycles. The predicted octanol–water partition coefficient (Wildman–Crippen LogP) is 3.44. The maximum Gasteiger partial charge on any atom is 0.391 e. The van der Waals surface area contributed by atoms with E-state index in [0.29, 0.717) is 0 Å². The van der Waals surface area contributed by atoms with E-state index in [1.807, 2.05) is 11.4 Å². The zero-order chi connectivity index (χ0) is 12.5. The van der Waals surface area contributed by atoms with Crippen molar-refractivity contribution in [3.8, 4) is 0 Å². The molecule has 92 valence electrons. The van der Waals surface area contributed by atoms with Crippen molar-refractivity contribution >= 4 is 27.5 Å². The molecule has 0 spiro atoms. The summed E-state index contributed by atoms with van der Waals surface area (Å²) >= 11 is 1.43. The molecule has 0 radical (unpaired) electrons. The first-order chi connectivity index (χ1) is 7.94. The van der Waals surface area contributed by atoms with Crippen LogP contribution in [0.2, 0.25) is 0 Å². The summed E-state index contributed by atoms with van der Waals surface area (Å²) in [6.45, 7) is 1.45. The zero-order valence-corrected chi connectivity index (χ0v) is 9.77. The standard InChI is InChI=1S/C10H10F3N3S/c1-6(4-10(11,12)13)15-9-14-5-7-2-3-17-8(7)16-9/h2-3,5-6H,4H2,1H3,(H,14,15,16). The lowest BCUT2D eigenvalue weighted by atomic mass is 10.2. The van der Waals surface area contributed by atoms with Gasteiger partial charge in [0.2, 0.25) is 5.95 Å². The highest BCUT2D eigenvalue weighted by Crippen LogP contribution is 2.23. The molecule has 0 saturated carbocycles. The van der Waals surface area contributed by atoms with Crippen LogP contribution in [0.1, 0.15) is 13.3 Å². The highest BCUT2D eigenvalue weighted by atomic mass is 32.1. The van der Waals surface area contributed by atoms with Crippen molar-refractivity contribution in [1.29, 1.82) is 0 Å². The highest BCUT2D eigenvalue weighted by Gasteiger charge is 2.30. The summed E-state index contributed by atoms with van der Waals surface area (Å²) in [5.41, 5.74) is 0. The molecule has 17 heavy (non-hydrogen) atoms. The van der Waals surface area contributed by atoms with Gasteiger partial charge in [-0.25, -0.2) is 9.97 Å². The molecule has 2 rings (SSSR count). The minimum Gasteiger partial charge on any atom is -0.351 e. The number of fused-ring (bicyclic) bond motifs is 1. The van der Waals surface area contributed by atoms with Crippen LogP contribution < -0.4 is 5.32 Å². The Kier molecular flexibility index (Phi) is 3.19. The van der Waals surface area contributed by atoms with Gasteiger partial charge in [-0.3, -0.25) is 0 Å². The summed E-state index contributed by atoms with van der Waals surface area (Å²) in [7, 11) is 0. The third-order valence-electron chi connectivity index (χ3n) is 2.12. The lowest BCUT2D eigenvalue weighted by molar-refractivity contribution is -0.136. The second kappa shape index (κ2) is 4.48. The number of rotatable bonds is 3. The minimum atomic E-state index is -4.18. The normalized spacial score (nSPS) is 13.9. The summed E-state index contributed by atoms with van der Waals surface area (Å²) in [6.07, 6.45) is -3.49. The van der Waals surface area contributed by atoms with E-state index in [1.165, 1.54) is 18.3 Å². The maximum absolute atomic E-state index is 12.1. The van der Waals surface area contributed by atoms with Crippen LogP contribution in [-0.2, 0) is 0 Å². The third-order valence-corrected chi connectivity index (χ3v) is 2.94. The number of anilines is 1. The minimum absolute atomic E-state index is 0.233. The van der Waals surface area contributed by atoms with E-state index in [9.17, 15) is 13.2 Å². The summed E-state index contributed by atoms with van der Waals surface area (Å²) in [5.74, 6) is 0.233. The largest absolute Gasteiger partial charge is 0.391 e. The lowest BCUT2D eigenvalue weighted by Gasteiger charge is -2.15. The lowest BCUT2D eigenvalue weighted by Crippen LogP contribution is -2.24. The molecule has 1 N–H and O–H groups in total. The van der Waals surface area contributed by atoms with Gasteiger partial charge in [-0.15, -0.1) is 11.3 Å². The second-order valence-electron chi connectivity index (χ2n) is 3.74. The molecule has 1 atom stereocenters. The van der Waals surface area contributed by atoms with E-state index < -0.39 is 18.6 Å². The summed E-state index contributed by atoms with van der Waals surface area (Å²) in [4.78, 5) is 8.87. The Labute approximate surface area is 99.7 Å². The van der Waals surface area contributed by atoms with Crippen LogP contribution in [0.3, 0.4) is 0 Å². The monoisotopic (exact) mass is 261 g/mol. The fourth-order valence-electron chi connectivity index (χ4n) is 1.44. The first-order valence-corrected chi connectivity index (χ1v) is 5.85. The number of aromatic nitrogens is 2. The molecule has 2 aromatic heterocycles. The molecule has 2 aromatic rings. The first-order valence-electron chi connectivity index (χ1n) is 4.97. The molecule has 3 nitrogen and oxygen atoms in total. The number of thiophene rings is 1. The van der Waals surface area contributed by atoms with Crippen molar-refractivity contribution in [1.82, 2.24) is 9.97 Å². The van der Waals surface area contributed by atoms with E-state index in [1.54, 1.807) is 6.20 Å². The average Bonchev–Trinajstić information content (AvgIpc) is 2.61. The Morgan fingerprint density at radius 2 is 2.24 bits per heavy atom. The zero-order valence-electron chi connectivity index (χ0n) is 8.95. The Balaban J connectivity index is 2.07. The number of alkyl halides is 3. The molecule has 0 fully saturated rings. The van der Waals surface area contributed by atoms with Crippen LogP contribution in [0.5, 0.6) is 0 Å². The van der Waals surface area contributed by atoms with Crippen molar-refractivity contribution < 1.29 is 13.2 Å². The van der Waals surface area contributed by atoms with Crippen molar-refractivity contribution in [2.45, 2.75) is 25.6 Å². The Bertz CT molecular complexity index is 509. The molecule has 0 aliphatic heterocycles. The molecule has 0 saturated heterocycles.